The van der Waals surface area contributed by atoms with Gasteiger partial charge >= 0.3 is 0 Å². The fourth-order valence-corrected chi connectivity index (χ4v) is 4.57. The maximum atomic E-state index is 13.1. The Labute approximate surface area is 163 Å². The molecule has 0 saturated heterocycles. The van der Waals surface area contributed by atoms with Gasteiger partial charge in [0.15, 0.2) is 0 Å². The van der Waals surface area contributed by atoms with Crippen LogP contribution in [0.15, 0.2) is 23.8 Å². The van der Waals surface area contributed by atoms with Gasteiger partial charge in [0.05, 0.1) is 0 Å². The van der Waals surface area contributed by atoms with Crippen molar-refractivity contribution in [1.29, 1.82) is 0 Å². The average molecular weight is 375 g/mol. The Morgan fingerprint density at radius 1 is 1.22 bits per heavy atom. The van der Waals surface area contributed by atoms with E-state index in [1.54, 1.807) is 0 Å². The van der Waals surface area contributed by atoms with Crippen molar-refractivity contribution in [2.24, 2.45) is 23.7 Å². The van der Waals surface area contributed by atoms with Gasteiger partial charge in [-0.1, -0.05) is 44.1 Å². The zero-order valence-electron chi connectivity index (χ0n) is 16.8. The van der Waals surface area contributed by atoms with Crippen LogP contribution in [0.1, 0.15) is 71.6 Å². The van der Waals surface area contributed by atoms with Crippen LogP contribution < -0.4 is 0 Å². The van der Waals surface area contributed by atoms with Gasteiger partial charge in [-0.05, 0) is 38.5 Å². The van der Waals surface area contributed by atoms with Gasteiger partial charge in [-0.2, -0.15) is 0 Å². The predicted molar refractivity (Wildman–Crippen MR) is 106 cm³/mol. The van der Waals surface area contributed by atoms with Gasteiger partial charge in [-0.25, -0.2) is 0 Å². The van der Waals surface area contributed by atoms with Crippen molar-refractivity contribution in [1.82, 2.24) is 0 Å². The van der Waals surface area contributed by atoms with Crippen LogP contribution in [0, 0.1) is 23.7 Å². The maximum absolute atomic E-state index is 13.1. The topological polar surface area (TPSA) is 71.4 Å². The van der Waals surface area contributed by atoms with Crippen LogP contribution in [0.5, 0.6) is 0 Å². The molecule has 0 aliphatic heterocycles. The highest BCUT2D eigenvalue weighted by atomic mass is 16.3. The summed E-state index contributed by atoms with van der Waals surface area (Å²) in [7, 11) is 0. The largest absolute Gasteiger partial charge is 0.396 e. The van der Waals surface area contributed by atoms with Crippen molar-refractivity contribution in [2.45, 2.75) is 71.6 Å². The molecule has 0 heterocycles. The van der Waals surface area contributed by atoms with Gasteiger partial charge in [-0.3, -0.25) is 14.4 Å². The van der Waals surface area contributed by atoms with Crippen LogP contribution in [0.2, 0.25) is 0 Å². The van der Waals surface area contributed by atoms with Crippen LogP contribution in [-0.4, -0.2) is 29.1 Å². The number of carbonyl (C=O) groups excluding carboxylic acids is 3. The van der Waals surface area contributed by atoms with Gasteiger partial charge < -0.3 is 5.11 Å². The molecule has 0 bridgehead atoms. The fourth-order valence-electron chi connectivity index (χ4n) is 4.57. The molecule has 1 fully saturated rings. The van der Waals surface area contributed by atoms with E-state index in [4.69, 9.17) is 0 Å². The Kier molecular flexibility index (Phi) is 8.62. The number of hydrogen-bond acceptors (Lipinski definition) is 4. The number of ketones is 3. The zero-order chi connectivity index (χ0) is 19.8. The average Bonchev–Trinajstić information content (AvgIpc) is 3.16. The molecule has 2 aliphatic rings. The lowest BCUT2D eigenvalue weighted by atomic mass is 9.67. The molecule has 0 aromatic carbocycles. The van der Waals surface area contributed by atoms with Crippen molar-refractivity contribution in [3.63, 3.8) is 0 Å². The third kappa shape index (κ3) is 5.71. The van der Waals surface area contributed by atoms with E-state index in [1.807, 2.05) is 19.9 Å². The lowest BCUT2D eigenvalue weighted by molar-refractivity contribution is -0.144. The molecule has 4 atom stereocenters. The molecule has 0 amide bonds. The summed E-state index contributed by atoms with van der Waals surface area (Å²) in [6, 6.07) is 0. The Morgan fingerprint density at radius 2 is 2.00 bits per heavy atom. The van der Waals surface area contributed by atoms with Crippen molar-refractivity contribution < 1.29 is 19.5 Å². The first-order valence-corrected chi connectivity index (χ1v) is 10.6. The third-order valence-electron chi connectivity index (χ3n) is 6.22. The highest BCUT2D eigenvalue weighted by Gasteiger charge is 2.43. The summed E-state index contributed by atoms with van der Waals surface area (Å²) in [5, 5.41) is 9.20. The maximum Gasteiger partial charge on any atom is 0.140 e. The van der Waals surface area contributed by atoms with Gasteiger partial charge in [0, 0.05) is 43.1 Å². The zero-order valence-corrected chi connectivity index (χ0v) is 16.8. The summed E-state index contributed by atoms with van der Waals surface area (Å²) in [6.45, 7) is 3.94. The Balaban J connectivity index is 2.13. The molecule has 27 heavy (non-hydrogen) atoms. The molecule has 4 unspecified atom stereocenters. The first-order chi connectivity index (χ1) is 13.0. The van der Waals surface area contributed by atoms with Gasteiger partial charge in [-0.15, -0.1) is 0 Å². The summed E-state index contributed by atoms with van der Waals surface area (Å²) in [5.74, 6) is -0.934. The van der Waals surface area contributed by atoms with E-state index in [9.17, 15) is 19.5 Å². The Bertz CT molecular complexity index is 601. The minimum atomic E-state index is -0.474. The van der Waals surface area contributed by atoms with E-state index in [0.29, 0.717) is 25.7 Å². The molecular weight excluding hydrogens is 340 g/mol. The molecule has 0 spiro atoms. The summed E-state index contributed by atoms with van der Waals surface area (Å²) in [6.07, 6.45) is 11.8. The third-order valence-corrected chi connectivity index (χ3v) is 6.22. The second kappa shape index (κ2) is 10.7. The summed E-state index contributed by atoms with van der Waals surface area (Å²) < 4.78 is 0. The lowest BCUT2D eigenvalue weighted by Crippen LogP contribution is -2.42. The molecule has 1 saturated carbocycles. The highest BCUT2D eigenvalue weighted by Crippen LogP contribution is 2.37. The standard InChI is InChI=1S/C23H34O4/c1-3-7-18-14-22(26)19(11-10-16-8-5-6-9-16)20(23(18)27)15-21(25)17(4-2)12-13-24/h5-6,8,17-20,24H,3-4,7,9-15H2,1-2H3. The van der Waals surface area contributed by atoms with Gasteiger partial charge in [0.2, 0.25) is 0 Å². The number of carbonyl (C=O) groups is 3. The monoisotopic (exact) mass is 374 g/mol. The van der Waals surface area contributed by atoms with Crippen molar-refractivity contribution in [2.75, 3.05) is 6.61 Å². The summed E-state index contributed by atoms with van der Waals surface area (Å²) in [5.41, 5.74) is 1.29. The normalized spacial score (nSPS) is 26.3. The van der Waals surface area contributed by atoms with Gasteiger partial charge in [0.1, 0.15) is 17.3 Å². The smallest absolute Gasteiger partial charge is 0.140 e. The number of Topliss-reactive ketones (excluding diaryl/α,β-unsaturated/α-hetero) is 3. The van der Waals surface area contributed by atoms with Crippen LogP contribution in [0.25, 0.3) is 0 Å². The van der Waals surface area contributed by atoms with Crippen molar-refractivity contribution in [3.8, 4) is 0 Å². The molecular formula is C23H34O4. The van der Waals surface area contributed by atoms with Crippen LogP contribution in [0.3, 0.4) is 0 Å². The van der Waals surface area contributed by atoms with E-state index < -0.39 is 5.92 Å². The van der Waals surface area contributed by atoms with Crippen LogP contribution >= 0.6 is 0 Å². The van der Waals surface area contributed by atoms with Crippen LogP contribution in [-0.2, 0) is 14.4 Å². The number of hydrogen-bond donors (Lipinski definition) is 1. The van der Waals surface area contributed by atoms with E-state index in [1.165, 1.54) is 5.57 Å². The summed E-state index contributed by atoms with van der Waals surface area (Å²) >= 11 is 0. The fraction of sp³-hybridized carbons (Fsp3) is 0.696. The molecule has 2 aliphatic carbocycles. The molecule has 0 aromatic rings. The molecule has 2 rings (SSSR count). The molecule has 4 heteroatoms. The molecule has 0 aromatic heterocycles. The number of aliphatic hydroxyl groups is 1. The highest BCUT2D eigenvalue weighted by molar-refractivity contribution is 6.00. The second-order valence-corrected chi connectivity index (χ2v) is 8.06. The first kappa shape index (κ1) is 21.7. The Hall–Kier alpha value is -1.55. The number of rotatable bonds is 11. The molecule has 1 N–H and O–H groups in total. The molecule has 4 nitrogen and oxygen atoms in total. The van der Waals surface area contributed by atoms with Crippen molar-refractivity contribution >= 4 is 17.3 Å². The minimum Gasteiger partial charge on any atom is -0.396 e. The van der Waals surface area contributed by atoms with E-state index >= 15 is 0 Å². The first-order valence-electron chi connectivity index (χ1n) is 10.6. The Morgan fingerprint density at radius 3 is 2.59 bits per heavy atom. The van der Waals surface area contributed by atoms with Gasteiger partial charge in [0.25, 0.3) is 0 Å². The molecule has 150 valence electrons. The number of allylic oxidation sites excluding steroid dienone is 4. The van der Waals surface area contributed by atoms with Crippen LogP contribution in [0.4, 0.5) is 0 Å². The van der Waals surface area contributed by atoms with E-state index in [0.717, 1.165) is 25.7 Å². The minimum absolute atomic E-state index is 0.0230. The second-order valence-electron chi connectivity index (χ2n) is 8.06. The van der Waals surface area contributed by atoms with E-state index in [2.05, 4.69) is 12.2 Å². The lowest BCUT2D eigenvalue weighted by Gasteiger charge is -2.34. The summed E-state index contributed by atoms with van der Waals surface area (Å²) in [4.78, 5) is 38.7. The predicted octanol–water partition coefficient (Wildman–Crippen LogP) is 4.21. The van der Waals surface area contributed by atoms with Crippen molar-refractivity contribution in [3.05, 3.63) is 23.8 Å². The number of aliphatic hydroxyl groups excluding tert-OH is 1. The quantitative estimate of drug-likeness (QED) is 0.588. The van der Waals surface area contributed by atoms with E-state index in [-0.39, 0.29) is 48.1 Å². The SMILES string of the molecule is CCCC1CC(=O)C(CCC2=CC=CC2)C(CC(=O)C(CC)CCO)C1=O. The molecule has 0 radical (unpaired) electrons.